The lowest BCUT2D eigenvalue weighted by molar-refractivity contribution is -0.375. The Morgan fingerprint density at radius 2 is 1.66 bits per heavy atom. The van der Waals surface area contributed by atoms with Crippen molar-refractivity contribution in [1.82, 2.24) is 4.90 Å². The molecule has 0 radical (unpaired) electrons. The molecular formula is C28H32F3N3O7. The number of carbonyl (C=O) groups excluding carboxylic acids is 1. The maximum Gasteiger partial charge on any atom is 0.476 e. The Kier molecular flexibility index (Phi) is 9.36. The lowest BCUT2D eigenvalue weighted by Crippen LogP contribution is -2.46. The first-order chi connectivity index (χ1) is 19.5. The van der Waals surface area contributed by atoms with Crippen molar-refractivity contribution < 1.29 is 41.9 Å². The second-order valence-corrected chi connectivity index (χ2v) is 9.92. The number of benzene rings is 2. The number of rotatable bonds is 10. The molecule has 2 heterocycles. The van der Waals surface area contributed by atoms with Gasteiger partial charge in [0, 0.05) is 32.5 Å². The van der Waals surface area contributed by atoms with Crippen molar-refractivity contribution in [2.24, 2.45) is 5.16 Å². The quantitative estimate of drug-likeness (QED) is 0.272. The highest BCUT2D eigenvalue weighted by atomic mass is 19.4. The van der Waals surface area contributed by atoms with E-state index in [1.165, 1.54) is 12.1 Å². The van der Waals surface area contributed by atoms with Gasteiger partial charge < -0.3 is 19.0 Å². The number of likely N-dealkylation sites (tertiary alicyclic amines) is 1. The molecule has 0 unspecified atom stereocenters. The highest BCUT2D eigenvalue weighted by Gasteiger charge is 2.39. The predicted octanol–water partition coefficient (Wildman–Crippen LogP) is 5.39. The van der Waals surface area contributed by atoms with Crippen LogP contribution in [0.4, 0.5) is 13.2 Å². The first-order valence-electron chi connectivity index (χ1n) is 13.4. The van der Waals surface area contributed by atoms with Crippen LogP contribution in [0.15, 0.2) is 41.6 Å². The Labute approximate surface area is 235 Å². The van der Waals surface area contributed by atoms with Crippen molar-refractivity contribution in [2.75, 3.05) is 32.9 Å². The number of hydrogen-bond acceptors (Lipinski definition) is 9. The Hall–Kier alpha value is -3.87. The first kappa shape index (κ1) is 30.1. The molecule has 2 aliphatic rings. The number of amides is 1. The number of halogens is 3. The van der Waals surface area contributed by atoms with Crippen LogP contribution >= 0.6 is 0 Å². The first-order valence-corrected chi connectivity index (χ1v) is 13.4. The molecule has 222 valence electrons. The summed E-state index contributed by atoms with van der Waals surface area (Å²) in [6, 6.07) is 9.47. The van der Waals surface area contributed by atoms with Gasteiger partial charge in [-0.15, -0.1) is 0 Å². The standard InChI is InChI=1S/C28H32F3N3O7/c1-3-38-23-15-19(16-24(39-4-2)25(23)40-18-28(29,30)31)17-33-13-11-27(12-14-33)10-9-22(32-41-27)20-5-7-21(8-6-20)26(35)34(36)37/h5-8,15-16H,3-4,9-14,17-18H2,1-2H3. The molecule has 1 fully saturated rings. The normalized spacial score (nSPS) is 17.0. The average Bonchev–Trinajstić information content (AvgIpc) is 2.94. The lowest BCUT2D eigenvalue weighted by atomic mass is 9.84. The molecule has 10 nitrogen and oxygen atoms in total. The topological polar surface area (TPSA) is 113 Å². The Morgan fingerprint density at radius 3 is 2.15 bits per heavy atom. The SMILES string of the molecule is CCOc1cc(CN2CCC3(CCC(c4ccc(C(=O)[N+](=O)[O-])cc4)=NO3)CC2)cc(OCC)c1OCC(F)(F)F. The summed E-state index contributed by atoms with van der Waals surface area (Å²) in [5, 5.41) is 15.0. The zero-order valence-corrected chi connectivity index (χ0v) is 22.9. The third-order valence-corrected chi connectivity index (χ3v) is 7.03. The van der Waals surface area contributed by atoms with E-state index in [2.05, 4.69) is 10.1 Å². The van der Waals surface area contributed by atoms with Crippen LogP contribution in [0.1, 0.15) is 61.0 Å². The molecule has 0 aromatic heterocycles. The van der Waals surface area contributed by atoms with Crippen LogP contribution in [0, 0.1) is 10.1 Å². The summed E-state index contributed by atoms with van der Waals surface area (Å²) in [5.41, 5.74) is 1.90. The van der Waals surface area contributed by atoms with Crippen LogP contribution in [-0.4, -0.2) is 66.1 Å². The minimum absolute atomic E-state index is 0.00477. The van der Waals surface area contributed by atoms with Crippen LogP contribution in [0.3, 0.4) is 0 Å². The molecule has 0 aliphatic carbocycles. The maximum atomic E-state index is 12.8. The molecule has 41 heavy (non-hydrogen) atoms. The van der Waals surface area contributed by atoms with Gasteiger partial charge >= 0.3 is 12.1 Å². The minimum Gasteiger partial charge on any atom is -0.490 e. The molecule has 13 heteroatoms. The van der Waals surface area contributed by atoms with Gasteiger partial charge in [-0.1, -0.05) is 17.3 Å². The average molecular weight is 580 g/mol. The number of piperidine rings is 1. The monoisotopic (exact) mass is 579 g/mol. The van der Waals surface area contributed by atoms with Crippen LogP contribution in [0.5, 0.6) is 17.2 Å². The fourth-order valence-corrected chi connectivity index (χ4v) is 4.96. The number of carbonyl (C=O) groups is 1. The number of nitro groups is 1. The van der Waals surface area contributed by atoms with Crippen molar-refractivity contribution >= 4 is 11.6 Å². The molecular weight excluding hydrogens is 547 g/mol. The molecule has 1 amide bonds. The summed E-state index contributed by atoms with van der Waals surface area (Å²) in [6.07, 6.45) is -1.60. The molecule has 0 saturated carbocycles. The number of alkyl halides is 3. The Bertz CT molecular complexity index is 1250. The second kappa shape index (κ2) is 12.8. The van der Waals surface area contributed by atoms with Gasteiger partial charge in [-0.25, -0.2) is 4.79 Å². The van der Waals surface area contributed by atoms with Crippen LogP contribution in [-0.2, 0) is 11.4 Å². The molecule has 2 aromatic carbocycles. The predicted molar refractivity (Wildman–Crippen MR) is 142 cm³/mol. The smallest absolute Gasteiger partial charge is 0.476 e. The van der Waals surface area contributed by atoms with Crippen molar-refractivity contribution in [1.29, 1.82) is 0 Å². The zero-order chi connectivity index (χ0) is 29.6. The highest BCUT2D eigenvalue weighted by molar-refractivity contribution is 6.01. The van der Waals surface area contributed by atoms with Gasteiger partial charge in [-0.05, 0) is 62.1 Å². The summed E-state index contributed by atoms with van der Waals surface area (Å²) < 4.78 is 54.8. The fourth-order valence-electron chi connectivity index (χ4n) is 4.96. The van der Waals surface area contributed by atoms with Crippen LogP contribution in [0.25, 0.3) is 0 Å². The van der Waals surface area contributed by atoms with Gasteiger partial charge in [-0.2, -0.15) is 13.2 Å². The fraction of sp³-hybridized carbons (Fsp3) is 0.500. The minimum atomic E-state index is -4.49. The molecule has 2 aromatic rings. The van der Waals surface area contributed by atoms with E-state index >= 15 is 0 Å². The van der Waals surface area contributed by atoms with E-state index in [9.17, 15) is 28.1 Å². The van der Waals surface area contributed by atoms with Gasteiger partial charge in [0.2, 0.25) is 5.75 Å². The van der Waals surface area contributed by atoms with E-state index in [1.807, 2.05) is 0 Å². The number of oxime groups is 1. The van der Waals surface area contributed by atoms with Crippen molar-refractivity contribution in [3.05, 3.63) is 63.2 Å². The molecule has 0 N–H and O–H groups in total. The van der Waals surface area contributed by atoms with E-state index in [0.29, 0.717) is 13.0 Å². The van der Waals surface area contributed by atoms with Gasteiger partial charge in [0.1, 0.15) is 10.5 Å². The molecule has 1 saturated heterocycles. The third kappa shape index (κ3) is 7.66. The largest absolute Gasteiger partial charge is 0.490 e. The highest BCUT2D eigenvalue weighted by Crippen LogP contribution is 2.41. The summed E-state index contributed by atoms with van der Waals surface area (Å²) in [6.45, 7) is 4.54. The van der Waals surface area contributed by atoms with Crippen molar-refractivity contribution in [2.45, 2.75) is 57.9 Å². The van der Waals surface area contributed by atoms with Gasteiger partial charge in [-0.3, -0.25) is 15.0 Å². The van der Waals surface area contributed by atoms with E-state index in [1.54, 1.807) is 38.1 Å². The number of nitrogens with zero attached hydrogens (tertiary/aromatic N) is 3. The summed E-state index contributed by atoms with van der Waals surface area (Å²) >= 11 is 0. The number of ether oxygens (including phenoxy) is 3. The van der Waals surface area contributed by atoms with Gasteiger partial charge in [0.15, 0.2) is 18.1 Å². The Morgan fingerprint density at radius 1 is 1.05 bits per heavy atom. The maximum absolute atomic E-state index is 12.8. The Balaban J connectivity index is 1.39. The van der Waals surface area contributed by atoms with Crippen LogP contribution in [0.2, 0.25) is 0 Å². The molecule has 2 aliphatic heterocycles. The van der Waals surface area contributed by atoms with Gasteiger partial charge in [0.05, 0.1) is 24.5 Å². The second-order valence-electron chi connectivity index (χ2n) is 9.92. The molecule has 0 bridgehead atoms. The molecule has 1 spiro atoms. The summed E-state index contributed by atoms with van der Waals surface area (Å²) in [7, 11) is 0. The van der Waals surface area contributed by atoms with Crippen molar-refractivity contribution in [3.63, 3.8) is 0 Å². The summed E-state index contributed by atoms with van der Waals surface area (Å²) in [4.78, 5) is 29.5. The van der Waals surface area contributed by atoms with E-state index < -0.39 is 29.2 Å². The zero-order valence-electron chi connectivity index (χ0n) is 22.9. The molecule has 4 rings (SSSR count). The van der Waals surface area contributed by atoms with Crippen molar-refractivity contribution in [3.8, 4) is 17.2 Å². The third-order valence-electron chi connectivity index (χ3n) is 7.03. The van der Waals surface area contributed by atoms with Crippen LogP contribution < -0.4 is 14.2 Å². The molecule has 0 atom stereocenters. The van der Waals surface area contributed by atoms with E-state index in [0.717, 1.165) is 49.2 Å². The summed E-state index contributed by atoms with van der Waals surface area (Å²) in [5.74, 6) is -0.799. The van der Waals surface area contributed by atoms with E-state index in [-0.39, 0.29) is 36.0 Å². The number of hydrogen-bond donors (Lipinski definition) is 0. The van der Waals surface area contributed by atoms with Gasteiger partial charge in [0.25, 0.3) is 0 Å². The lowest BCUT2D eigenvalue weighted by Gasteiger charge is -2.41. The van der Waals surface area contributed by atoms with E-state index in [4.69, 9.17) is 19.0 Å².